The lowest BCUT2D eigenvalue weighted by Crippen LogP contribution is -2.02. The van der Waals surface area contributed by atoms with Gasteiger partial charge in [-0.25, -0.2) is 9.78 Å². The number of aromatic nitrogens is 1. The number of hydrogen-bond donors (Lipinski definition) is 1. The third kappa shape index (κ3) is 4.48. The van der Waals surface area contributed by atoms with E-state index in [9.17, 15) is 9.90 Å². The van der Waals surface area contributed by atoms with Crippen molar-refractivity contribution in [3.63, 3.8) is 0 Å². The van der Waals surface area contributed by atoms with Crippen molar-refractivity contribution >= 4 is 11.5 Å². The molecule has 0 saturated carbocycles. The van der Waals surface area contributed by atoms with E-state index in [1.807, 2.05) is 31.2 Å². The monoisotopic (exact) mass is 377 g/mol. The first kappa shape index (κ1) is 19.0. The van der Waals surface area contributed by atoms with E-state index in [1.54, 1.807) is 42.6 Å². The molecule has 0 fully saturated rings. The fourth-order valence-electron chi connectivity index (χ4n) is 2.55. The molecule has 0 amide bonds. The first-order valence-corrected chi connectivity index (χ1v) is 8.51. The lowest BCUT2D eigenvalue weighted by Gasteiger charge is -2.13. The molecular weight excluding hydrogens is 358 g/mol. The molecule has 0 atom stereocenters. The highest BCUT2D eigenvalue weighted by Gasteiger charge is 2.16. The molecule has 0 aliphatic carbocycles. The molecule has 28 heavy (non-hydrogen) atoms. The number of carbonyl (C=O) groups is 1. The Hall–Kier alpha value is -3.80. The first-order valence-electron chi connectivity index (χ1n) is 8.51. The number of rotatable bonds is 7. The number of carboxylic acids is 1. The minimum atomic E-state index is -1.11. The van der Waals surface area contributed by atoms with Gasteiger partial charge in [0.2, 0.25) is 5.88 Å². The van der Waals surface area contributed by atoms with Crippen molar-refractivity contribution in [2.75, 3.05) is 7.11 Å². The molecule has 0 radical (unpaired) electrons. The summed E-state index contributed by atoms with van der Waals surface area (Å²) in [4.78, 5) is 15.8. The molecule has 0 aliphatic rings. The van der Waals surface area contributed by atoms with Gasteiger partial charge in [0.05, 0.1) is 13.4 Å². The van der Waals surface area contributed by atoms with Gasteiger partial charge in [-0.1, -0.05) is 36.4 Å². The molecule has 0 aliphatic heterocycles. The van der Waals surface area contributed by atoms with Gasteiger partial charge in [0.25, 0.3) is 0 Å². The number of aliphatic carboxylic acids is 1. The van der Waals surface area contributed by atoms with Crippen LogP contribution in [-0.2, 0) is 9.53 Å². The Kier molecular flexibility index (Phi) is 5.91. The van der Waals surface area contributed by atoms with Crippen LogP contribution >= 0.6 is 0 Å². The summed E-state index contributed by atoms with van der Waals surface area (Å²) >= 11 is 0. The molecule has 0 saturated heterocycles. The van der Waals surface area contributed by atoms with Crippen molar-refractivity contribution in [1.82, 2.24) is 4.98 Å². The van der Waals surface area contributed by atoms with Crippen LogP contribution in [0.4, 0.5) is 0 Å². The molecule has 0 spiro atoms. The van der Waals surface area contributed by atoms with E-state index in [0.29, 0.717) is 28.7 Å². The Morgan fingerprint density at radius 1 is 1.00 bits per heavy atom. The van der Waals surface area contributed by atoms with Crippen LogP contribution in [-0.4, -0.2) is 23.2 Å². The molecule has 3 rings (SSSR count). The highest BCUT2D eigenvalue weighted by molar-refractivity contribution is 6.15. The zero-order valence-corrected chi connectivity index (χ0v) is 15.5. The minimum absolute atomic E-state index is 0.0106. The lowest BCUT2D eigenvalue weighted by molar-refractivity contribution is -0.130. The van der Waals surface area contributed by atoms with Gasteiger partial charge in [-0.15, -0.1) is 0 Å². The highest BCUT2D eigenvalue weighted by Crippen LogP contribution is 2.32. The Morgan fingerprint density at radius 3 is 2.43 bits per heavy atom. The van der Waals surface area contributed by atoms with Crippen LogP contribution in [0.3, 0.4) is 0 Å². The maximum absolute atomic E-state index is 11.5. The van der Waals surface area contributed by atoms with Crippen molar-refractivity contribution in [1.29, 1.82) is 0 Å². The van der Waals surface area contributed by atoms with Gasteiger partial charge in [0, 0.05) is 17.8 Å². The van der Waals surface area contributed by atoms with E-state index in [0.717, 1.165) is 5.56 Å². The van der Waals surface area contributed by atoms with Crippen molar-refractivity contribution in [2.24, 2.45) is 0 Å². The molecular formula is C22H19NO5. The van der Waals surface area contributed by atoms with E-state index < -0.39 is 5.97 Å². The van der Waals surface area contributed by atoms with Gasteiger partial charge in [0.1, 0.15) is 22.8 Å². The molecule has 6 heteroatoms. The number of methoxy groups -OCH3 is 1. The summed E-state index contributed by atoms with van der Waals surface area (Å²) in [5.74, 6) is 0.796. The normalized spacial score (nSPS) is 11.0. The number of hydrogen-bond acceptors (Lipinski definition) is 5. The van der Waals surface area contributed by atoms with E-state index in [2.05, 4.69) is 4.98 Å². The smallest absolute Gasteiger partial charge is 0.339 e. The lowest BCUT2D eigenvalue weighted by atomic mass is 10.1. The van der Waals surface area contributed by atoms with Crippen LogP contribution in [0.15, 0.2) is 73.1 Å². The largest absolute Gasteiger partial charge is 0.503 e. The van der Waals surface area contributed by atoms with E-state index in [1.165, 1.54) is 13.4 Å². The van der Waals surface area contributed by atoms with Gasteiger partial charge in [-0.2, -0.15) is 0 Å². The van der Waals surface area contributed by atoms with Crippen molar-refractivity contribution < 1.29 is 24.1 Å². The van der Waals surface area contributed by atoms with E-state index in [-0.39, 0.29) is 5.57 Å². The summed E-state index contributed by atoms with van der Waals surface area (Å²) < 4.78 is 16.6. The summed E-state index contributed by atoms with van der Waals surface area (Å²) in [6, 6.07) is 17.8. The number of nitrogens with zero attached hydrogens (tertiary/aromatic N) is 1. The molecule has 1 aromatic heterocycles. The molecule has 2 aromatic carbocycles. The van der Waals surface area contributed by atoms with Crippen LogP contribution in [0.2, 0.25) is 0 Å². The second-order valence-electron chi connectivity index (χ2n) is 5.87. The minimum Gasteiger partial charge on any atom is -0.503 e. The summed E-state index contributed by atoms with van der Waals surface area (Å²) in [5.41, 5.74) is 1.37. The summed E-state index contributed by atoms with van der Waals surface area (Å²) in [6.07, 6.45) is 2.73. The third-order valence-corrected chi connectivity index (χ3v) is 3.89. The summed E-state index contributed by atoms with van der Waals surface area (Å²) in [6.45, 7) is 1.95. The number of carboxylic acid groups (broad SMARTS) is 1. The topological polar surface area (TPSA) is 77.9 Å². The van der Waals surface area contributed by atoms with Crippen LogP contribution in [0.25, 0.3) is 5.57 Å². The Bertz CT molecular complexity index is 1010. The van der Waals surface area contributed by atoms with Gasteiger partial charge in [-0.05, 0) is 30.7 Å². The van der Waals surface area contributed by atoms with Crippen molar-refractivity contribution in [2.45, 2.75) is 6.92 Å². The summed E-state index contributed by atoms with van der Waals surface area (Å²) in [7, 11) is 1.39. The predicted octanol–water partition coefficient (Wildman–Crippen LogP) is 5.05. The molecule has 6 nitrogen and oxygen atoms in total. The zero-order valence-electron chi connectivity index (χ0n) is 15.5. The Labute approximate surface area is 162 Å². The predicted molar refractivity (Wildman–Crippen MR) is 105 cm³/mol. The average molecular weight is 377 g/mol. The van der Waals surface area contributed by atoms with E-state index in [4.69, 9.17) is 14.2 Å². The molecule has 0 unspecified atom stereocenters. The van der Waals surface area contributed by atoms with Crippen molar-refractivity contribution in [3.8, 4) is 23.1 Å². The van der Waals surface area contributed by atoms with Gasteiger partial charge < -0.3 is 19.3 Å². The Balaban J connectivity index is 1.88. The molecule has 1 heterocycles. The molecule has 0 bridgehead atoms. The van der Waals surface area contributed by atoms with E-state index >= 15 is 0 Å². The Morgan fingerprint density at radius 2 is 1.71 bits per heavy atom. The average Bonchev–Trinajstić information content (AvgIpc) is 2.69. The number of ether oxygens (including phenoxy) is 3. The van der Waals surface area contributed by atoms with Gasteiger partial charge in [-0.3, -0.25) is 0 Å². The molecule has 3 aromatic rings. The van der Waals surface area contributed by atoms with Crippen LogP contribution in [0, 0.1) is 6.92 Å². The second-order valence-corrected chi connectivity index (χ2v) is 5.87. The van der Waals surface area contributed by atoms with Gasteiger partial charge >= 0.3 is 5.97 Å². The molecule has 142 valence electrons. The highest BCUT2D eigenvalue weighted by atomic mass is 16.5. The van der Waals surface area contributed by atoms with Crippen molar-refractivity contribution in [3.05, 3.63) is 84.2 Å². The number of aryl methyl sites for hydroxylation is 1. The summed E-state index contributed by atoms with van der Waals surface area (Å²) in [5, 5.41) is 9.45. The van der Waals surface area contributed by atoms with Gasteiger partial charge in [0.15, 0.2) is 0 Å². The second kappa shape index (κ2) is 8.73. The van der Waals surface area contributed by atoms with Crippen LogP contribution in [0.1, 0.15) is 11.1 Å². The number of pyridine rings is 1. The van der Waals surface area contributed by atoms with Crippen LogP contribution < -0.4 is 9.47 Å². The zero-order chi connectivity index (χ0) is 19.9. The first-order chi connectivity index (χ1) is 13.6. The van der Waals surface area contributed by atoms with Crippen LogP contribution in [0.5, 0.6) is 23.1 Å². The fourth-order valence-corrected chi connectivity index (χ4v) is 2.55. The number of para-hydroxylation sites is 2. The fraction of sp³-hybridized carbons (Fsp3) is 0.0909. The maximum Gasteiger partial charge on any atom is 0.339 e. The standard InChI is InChI=1S/C22H19NO5/c1-15-7-3-5-9-19(15)28-21-13-16(11-12-23-21)27-20-10-6-4-8-17(20)18(14-26-2)22(24)25/h3-14H,1-2H3,(H,24,25). The SMILES string of the molecule is COC=C(C(=O)O)c1ccccc1Oc1ccnc(Oc2ccccc2C)c1. The quantitative estimate of drug-likeness (QED) is 0.459. The maximum atomic E-state index is 11.5. The molecule has 1 N–H and O–H groups in total. The number of benzene rings is 2. The third-order valence-electron chi connectivity index (χ3n) is 3.89.